The average Bonchev–Trinajstić information content (AvgIpc) is 2.23. The topological polar surface area (TPSA) is 48.1 Å². The molecule has 0 saturated carbocycles. The zero-order chi connectivity index (χ0) is 10.9. The van der Waals surface area contributed by atoms with Crippen molar-refractivity contribution in [3.8, 4) is 0 Å². The average molecular weight is 271 g/mol. The van der Waals surface area contributed by atoms with Crippen molar-refractivity contribution in [2.75, 3.05) is 18.9 Å². The fraction of sp³-hybridized carbons (Fsp3) is 0.545. The Labute approximate surface area is 98.2 Å². The van der Waals surface area contributed by atoms with Gasteiger partial charge in [0, 0.05) is 19.4 Å². The Morgan fingerprint density at radius 2 is 2.13 bits per heavy atom. The van der Waals surface area contributed by atoms with E-state index in [-0.39, 0.29) is 5.41 Å². The van der Waals surface area contributed by atoms with Gasteiger partial charge in [0.25, 0.3) is 0 Å². The molecule has 1 aliphatic rings. The highest BCUT2D eigenvalue weighted by molar-refractivity contribution is 9.10. The van der Waals surface area contributed by atoms with E-state index in [1.54, 1.807) is 0 Å². The summed E-state index contributed by atoms with van der Waals surface area (Å²) < 4.78 is 6.27. The lowest BCUT2D eigenvalue weighted by Gasteiger charge is -2.33. The number of halogens is 1. The second kappa shape index (κ2) is 4.10. The first-order chi connectivity index (χ1) is 7.12. The van der Waals surface area contributed by atoms with E-state index in [1.165, 1.54) is 5.56 Å². The molecule has 1 aliphatic heterocycles. The van der Waals surface area contributed by atoms with Gasteiger partial charge >= 0.3 is 0 Å². The maximum absolute atomic E-state index is 5.68. The minimum absolute atomic E-state index is 0.182. The van der Waals surface area contributed by atoms with Crippen LogP contribution in [0, 0.1) is 0 Å². The summed E-state index contributed by atoms with van der Waals surface area (Å²) in [5, 5.41) is 0. The Hall–Kier alpha value is -0.610. The maximum Gasteiger partial charge on any atom is 0.137 e. The molecule has 15 heavy (non-hydrogen) atoms. The lowest BCUT2D eigenvalue weighted by Crippen LogP contribution is -2.30. The van der Waals surface area contributed by atoms with Crippen molar-refractivity contribution in [3.63, 3.8) is 0 Å². The molecule has 0 amide bonds. The third-order valence-electron chi connectivity index (χ3n) is 3.16. The van der Waals surface area contributed by atoms with E-state index in [1.807, 2.05) is 6.20 Å². The van der Waals surface area contributed by atoms with Gasteiger partial charge in [-0.1, -0.05) is 6.92 Å². The smallest absolute Gasteiger partial charge is 0.137 e. The van der Waals surface area contributed by atoms with Crippen molar-refractivity contribution < 1.29 is 4.74 Å². The van der Waals surface area contributed by atoms with Crippen molar-refractivity contribution in [2.24, 2.45) is 0 Å². The van der Waals surface area contributed by atoms with Crippen LogP contribution in [0.5, 0.6) is 0 Å². The van der Waals surface area contributed by atoms with Crippen LogP contribution in [0.2, 0.25) is 0 Å². The molecule has 3 nitrogen and oxygen atoms in total. The van der Waals surface area contributed by atoms with Crippen molar-refractivity contribution in [3.05, 3.63) is 22.3 Å². The Balaban J connectivity index is 2.31. The van der Waals surface area contributed by atoms with Gasteiger partial charge in [0.05, 0.1) is 4.47 Å². The van der Waals surface area contributed by atoms with Crippen LogP contribution in [0.25, 0.3) is 0 Å². The Kier molecular flexibility index (Phi) is 2.98. The van der Waals surface area contributed by atoms with Gasteiger partial charge < -0.3 is 10.5 Å². The molecule has 0 bridgehead atoms. The van der Waals surface area contributed by atoms with E-state index in [0.717, 1.165) is 30.5 Å². The number of pyridine rings is 1. The molecule has 4 heteroatoms. The predicted molar refractivity (Wildman–Crippen MR) is 63.8 cm³/mol. The van der Waals surface area contributed by atoms with Crippen molar-refractivity contribution >= 4 is 21.7 Å². The fourth-order valence-electron chi connectivity index (χ4n) is 1.89. The molecule has 1 aromatic rings. The van der Waals surface area contributed by atoms with Crippen LogP contribution in [0.4, 0.5) is 5.82 Å². The minimum atomic E-state index is 0.182. The summed E-state index contributed by atoms with van der Waals surface area (Å²) in [6, 6.07) is 2.08. The van der Waals surface area contributed by atoms with Crippen LogP contribution in [0.1, 0.15) is 25.3 Å². The van der Waals surface area contributed by atoms with Crippen LogP contribution in [-0.2, 0) is 10.2 Å². The van der Waals surface area contributed by atoms with Crippen LogP contribution in [-0.4, -0.2) is 18.2 Å². The zero-order valence-electron chi connectivity index (χ0n) is 8.79. The van der Waals surface area contributed by atoms with E-state index in [2.05, 4.69) is 33.9 Å². The normalized spacial score (nSPS) is 20.1. The molecule has 1 saturated heterocycles. The first-order valence-corrected chi connectivity index (χ1v) is 5.90. The summed E-state index contributed by atoms with van der Waals surface area (Å²) >= 11 is 3.42. The summed E-state index contributed by atoms with van der Waals surface area (Å²) in [4.78, 5) is 4.19. The molecular weight excluding hydrogens is 256 g/mol. The summed E-state index contributed by atoms with van der Waals surface area (Å²) in [6.07, 6.45) is 3.97. The minimum Gasteiger partial charge on any atom is -0.383 e. The first-order valence-electron chi connectivity index (χ1n) is 5.11. The molecule has 2 N–H and O–H groups in total. The van der Waals surface area contributed by atoms with Crippen molar-refractivity contribution in [1.82, 2.24) is 4.98 Å². The standard InChI is InChI=1S/C11H15BrN2O/c1-11(2-4-15-5-3-11)8-6-9(12)10(13)14-7-8/h6-7H,2-5H2,1H3,(H2,13,14). The summed E-state index contributed by atoms with van der Waals surface area (Å²) in [5.41, 5.74) is 7.10. The molecule has 1 aromatic heterocycles. The Bertz CT molecular complexity index is 362. The number of rotatable bonds is 1. The van der Waals surface area contributed by atoms with Gasteiger partial charge in [-0.25, -0.2) is 4.98 Å². The van der Waals surface area contributed by atoms with Gasteiger partial charge in [-0.2, -0.15) is 0 Å². The quantitative estimate of drug-likeness (QED) is 0.853. The zero-order valence-corrected chi connectivity index (χ0v) is 10.4. The van der Waals surface area contributed by atoms with Gasteiger partial charge in [0.15, 0.2) is 0 Å². The number of anilines is 1. The monoisotopic (exact) mass is 270 g/mol. The second-order valence-electron chi connectivity index (χ2n) is 4.26. The number of nitrogen functional groups attached to an aromatic ring is 1. The first kappa shape index (κ1) is 10.9. The van der Waals surface area contributed by atoms with Gasteiger partial charge in [0.1, 0.15) is 5.82 Å². The number of hydrogen-bond donors (Lipinski definition) is 1. The predicted octanol–water partition coefficient (Wildman–Crippen LogP) is 2.49. The lowest BCUT2D eigenvalue weighted by molar-refractivity contribution is 0.0563. The Morgan fingerprint density at radius 3 is 2.73 bits per heavy atom. The van der Waals surface area contributed by atoms with Gasteiger partial charge in [-0.3, -0.25) is 0 Å². The van der Waals surface area contributed by atoms with Gasteiger partial charge in [-0.15, -0.1) is 0 Å². The Morgan fingerprint density at radius 1 is 1.47 bits per heavy atom. The molecule has 0 aliphatic carbocycles. The molecule has 2 rings (SSSR count). The largest absolute Gasteiger partial charge is 0.383 e. The van der Waals surface area contributed by atoms with E-state index >= 15 is 0 Å². The highest BCUT2D eigenvalue weighted by Crippen LogP contribution is 2.35. The summed E-state index contributed by atoms with van der Waals surface area (Å²) in [6.45, 7) is 3.92. The van der Waals surface area contributed by atoms with E-state index in [0.29, 0.717) is 5.82 Å². The maximum atomic E-state index is 5.68. The third kappa shape index (κ3) is 2.16. The highest BCUT2D eigenvalue weighted by atomic mass is 79.9. The third-order valence-corrected chi connectivity index (χ3v) is 3.80. The van der Waals surface area contributed by atoms with Crippen LogP contribution < -0.4 is 5.73 Å². The molecule has 1 fully saturated rings. The van der Waals surface area contributed by atoms with E-state index in [4.69, 9.17) is 10.5 Å². The molecule has 0 spiro atoms. The molecular formula is C11H15BrN2O. The lowest BCUT2D eigenvalue weighted by atomic mass is 9.77. The van der Waals surface area contributed by atoms with E-state index < -0.39 is 0 Å². The molecule has 0 unspecified atom stereocenters. The second-order valence-corrected chi connectivity index (χ2v) is 5.12. The fourth-order valence-corrected chi connectivity index (χ4v) is 2.24. The molecule has 0 atom stereocenters. The summed E-state index contributed by atoms with van der Waals surface area (Å²) in [5.74, 6) is 0.550. The number of nitrogens with two attached hydrogens (primary N) is 1. The van der Waals surface area contributed by atoms with Crippen molar-refractivity contribution in [1.29, 1.82) is 0 Å². The number of nitrogens with zero attached hydrogens (tertiary/aromatic N) is 1. The van der Waals surface area contributed by atoms with Crippen LogP contribution in [0.3, 0.4) is 0 Å². The van der Waals surface area contributed by atoms with Gasteiger partial charge in [0.2, 0.25) is 0 Å². The van der Waals surface area contributed by atoms with Crippen LogP contribution in [0.15, 0.2) is 16.7 Å². The molecule has 2 heterocycles. The van der Waals surface area contributed by atoms with Crippen LogP contribution >= 0.6 is 15.9 Å². The number of ether oxygens (including phenoxy) is 1. The summed E-state index contributed by atoms with van der Waals surface area (Å²) in [7, 11) is 0. The number of aromatic nitrogens is 1. The highest BCUT2D eigenvalue weighted by Gasteiger charge is 2.29. The van der Waals surface area contributed by atoms with E-state index in [9.17, 15) is 0 Å². The molecule has 0 radical (unpaired) electrons. The SMILES string of the molecule is CC1(c2cnc(N)c(Br)c2)CCOCC1. The molecule has 82 valence electrons. The van der Waals surface area contributed by atoms with Crippen molar-refractivity contribution in [2.45, 2.75) is 25.2 Å². The number of hydrogen-bond acceptors (Lipinski definition) is 3. The van der Waals surface area contributed by atoms with Gasteiger partial charge in [-0.05, 0) is 45.8 Å². The molecule has 0 aromatic carbocycles.